The molecule has 4 heterocycles. The number of hydrogen-bond acceptors (Lipinski definition) is 7. The first-order valence-electron chi connectivity index (χ1n) is 10.7. The van der Waals surface area contributed by atoms with Gasteiger partial charge in [-0.25, -0.2) is 14.8 Å². The van der Waals surface area contributed by atoms with Crippen molar-refractivity contribution in [2.75, 3.05) is 6.61 Å². The lowest BCUT2D eigenvalue weighted by Crippen LogP contribution is -2.49. The fourth-order valence-corrected chi connectivity index (χ4v) is 4.31. The summed E-state index contributed by atoms with van der Waals surface area (Å²) >= 11 is 0. The smallest absolute Gasteiger partial charge is 0.410 e. The molecular formula is C23H28N4O4. The number of rotatable bonds is 7. The first-order chi connectivity index (χ1) is 15.1. The molecule has 0 saturated carbocycles. The van der Waals surface area contributed by atoms with Gasteiger partial charge < -0.3 is 19.1 Å². The zero-order valence-electron chi connectivity index (χ0n) is 18.0. The van der Waals surface area contributed by atoms with Crippen molar-refractivity contribution in [1.29, 1.82) is 0 Å². The van der Waals surface area contributed by atoms with Gasteiger partial charge in [-0.05, 0) is 45.2 Å². The van der Waals surface area contributed by atoms with E-state index in [-0.39, 0.29) is 24.3 Å². The number of pyridine rings is 1. The average molecular weight is 425 g/mol. The number of aryl methyl sites for hydroxylation is 1. The van der Waals surface area contributed by atoms with Crippen LogP contribution in [0.5, 0.6) is 17.5 Å². The lowest BCUT2D eigenvalue weighted by Gasteiger charge is -2.38. The highest BCUT2D eigenvalue weighted by atomic mass is 16.6. The molecule has 0 N–H and O–H groups in total. The lowest BCUT2D eigenvalue weighted by atomic mass is 10.0. The van der Waals surface area contributed by atoms with Crippen LogP contribution in [0.25, 0.3) is 0 Å². The highest BCUT2D eigenvalue weighted by molar-refractivity contribution is 5.69. The average Bonchev–Trinajstić information content (AvgIpc) is 3.03. The maximum Gasteiger partial charge on any atom is 0.410 e. The Kier molecular flexibility index (Phi) is 6.34. The van der Waals surface area contributed by atoms with Gasteiger partial charge in [-0.3, -0.25) is 4.98 Å². The molecule has 2 aromatic heterocycles. The molecule has 2 unspecified atom stereocenters. The van der Waals surface area contributed by atoms with Gasteiger partial charge in [0.1, 0.15) is 12.4 Å². The molecule has 0 spiro atoms. The van der Waals surface area contributed by atoms with Gasteiger partial charge in [0.25, 0.3) is 0 Å². The van der Waals surface area contributed by atoms with Crippen molar-refractivity contribution in [3.8, 4) is 17.5 Å². The number of aromatic nitrogens is 3. The van der Waals surface area contributed by atoms with E-state index in [4.69, 9.17) is 14.2 Å². The Labute approximate surface area is 182 Å². The monoisotopic (exact) mass is 424 g/mol. The number of carbonyl (C=O) groups excluding carboxylic acids is 1. The zero-order valence-corrected chi connectivity index (χ0v) is 18.0. The van der Waals surface area contributed by atoms with Crippen LogP contribution in [0, 0.1) is 13.8 Å². The van der Waals surface area contributed by atoms with E-state index in [2.05, 4.69) is 21.5 Å². The molecule has 2 saturated heterocycles. The fraction of sp³-hybridized carbons (Fsp3) is 0.478. The van der Waals surface area contributed by atoms with Gasteiger partial charge in [0.05, 0.1) is 17.9 Å². The molecule has 31 heavy (non-hydrogen) atoms. The number of ether oxygens (including phenoxy) is 3. The standard InChI is InChI=1S/C23H28N4O4/c1-4-5-11-29-23(28)27-17-8-9-18(27)13-19(12-17)30-21-15(2)22(26-14-25-21)31-20-7-6-10-24-16(20)3/h4,6-7,10,14,17-19H,1,5,8-9,11-13H2,2-3H3. The van der Waals surface area contributed by atoms with Crippen LogP contribution in [0.3, 0.4) is 0 Å². The quantitative estimate of drug-likeness (QED) is 0.482. The summed E-state index contributed by atoms with van der Waals surface area (Å²) < 4.78 is 17.6. The zero-order chi connectivity index (χ0) is 21.8. The predicted octanol–water partition coefficient (Wildman–Crippen LogP) is 4.37. The van der Waals surface area contributed by atoms with Crippen LogP contribution in [0.2, 0.25) is 0 Å². The molecule has 2 fully saturated rings. The molecule has 1 amide bonds. The molecule has 2 atom stereocenters. The van der Waals surface area contributed by atoms with Gasteiger partial charge in [-0.15, -0.1) is 6.58 Å². The van der Waals surface area contributed by atoms with Gasteiger partial charge in [-0.2, -0.15) is 0 Å². The Bertz CT molecular complexity index is 937. The van der Waals surface area contributed by atoms with Crippen molar-refractivity contribution < 1.29 is 19.0 Å². The van der Waals surface area contributed by atoms with Crippen LogP contribution in [0.4, 0.5) is 4.79 Å². The van der Waals surface area contributed by atoms with Crippen molar-refractivity contribution in [1.82, 2.24) is 19.9 Å². The first-order valence-corrected chi connectivity index (χ1v) is 10.7. The van der Waals surface area contributed by atoms with E-state index < -0.39 is 0 Å². The highest BCUT2D eigenvalue weighted by Gasteiger charge is 2.45. The minimum Gasteiger partial charge on any atom is -0.474 e. The molecule has 2 bridgehead atoms. The van der Waals surface area contributed by atoms with Crippen LogP contribution in [0.1, 0.15) is 43.4 Å². The highest BCUT2D eigenvalue weighted by Crippen LogP contribution is 2.38. The third-order valence-electron chi connectivity index (χ3n) is 5.88. The van der Waals surface area contributed by atoms with E-state index in [9.17, 15) is 4.79 Å². The summed E-state index contributed by atoms with van der Waals surface area (Å²) in [4.78, 5) is 27.2. The van der Waals surface area contributed by atoms with Gasteiger partial charge in [-0.1, -0.05) is 6.08 Å². The number of carbonyl (C=O) groups is 1. The summed E-state index contributed by atoms with van der Waals surface area (Å²) in [6, 6.07) is 3.94. The van der Waals surface area contributed by atoms with E-state index in [1.54, 1.807) is 12.3 Å². The minimum absolute atomic E-state index is 0.0173. The number of nitrogens with zero attached hydrogens (tertiary/aromatic N) is 4. The van der Waals surface area contributed by atoms with Crippen molar-refractivity contribution in [2.45, 2.75) is 64.1 Å². The van der Waals surface area contributed by atoms with Crippen LogP contribution in [-0.4, -0.2) is 50.7 Å². The Hall–Kier alpha value is -3.16. The largest absolute Gasteiger partial charge is 0.474 e. The molecule has 4 rings (SSSR count). The Balaban J connectivity index is 1.41. The topological polar surface area (TPSA) is 86.7 Å². The molecular weight excluding hydrogens is 396 g/mol. The Morgan fingerprint density at radius 3 is 2.65 bits per heavy atom. The molecule has 2 aliphatic rings. The second-order valence-corrected chi connectivity index (χ2v) is 7.99. The summed E-state index contributed by atoms with van der Waals surface area (Å²) in [7, 11) is 0. The van der Waals surface area contributed by atoms with Crippen molar-refractivity contribution in [3.63, 3.8) is 0 Å². The molecule has 8 heteroatoms. The van der Waals surface area contributed by atoms with Crippen molar-refractivity contribution in [3.05, 3.63) is 48.6 Å². The summed E-state index contributed by atoms with van der Waals surface area (Å²) in [5, 5.41) is 0. The van der Waals surface area contributed by atoms with E-state index >= 15 is 0 Å². The number of piperidine rings is 1. The summed E-state index contributed by atoms with van der Waals surface area (Å²) in [5.74, 6) is 1.61. The first kappa shape index (κ1) is 21.1. The molecule has 0 aromatic carbocycles. The van der Waals surface area contributed by atoms with E-state index in [1.807, 2.05) is 30.9 Å². The lowest BCUT2D eigenvalue weighted by molar-refractivity contribution is 0.0322. The van der Waals surface area contributed by atoms with Gasteiger partial charge >= 0.3 is 6.09 Å². The number of fused-ring (bicyclic) bond motifs is 2. The molecule has 2 aromatic rings. The maximum atomic E-state index is 12.5. The normalized spacial score (nSPS) is 22.1. The Morgan fingerprint density at radius 2 is 1.94 bits per heavy atom. The second kappa shape index (κ2) is 9.32. The van der Waals surface area contributed by atoms with Gasteiger partial charge in [0.2, 0.25) is 11.8 Å². The Morgan fingerprint density at radius 1 is 1.19 bits per heavy atom. The summed E-state index contributed by atoms with van der Waals surface area (Å²) in [6.45, 7) is 7.80. The third-order valence-corrected chi connectivity index (χ3v) is 5.88. The minimum atomic E-state index is -0.228. The summed E-state index contributed by atoms with van der Waals surface area (Å²) in [5.41, 5.74) is 1.52. The van der Waals surface area contributed by atoms with Crippen LogP contribution < -0.4 is 9.47 Å². The molecule has 2 aliphatic heterocycles. The van der Waals surface area contributed by atoms with Gasteiger partial charge in [0, 0.05) is 31.1 Å². The van der Waals surface area contributed by atoms with Crippen LogP contribution in [0.15, 0.2) is 37.3 Å². The van der Waals surface area contributed by atoms with Crippen molar-refractivity contribution in [2.24, 2.45) is 0 Å². The van der Waals surface area contributed by atoms with Crippen LogP contribution >= 0.6 is 0 Å². The van der Waals surface area contributed by atoms with E-state index in [0.717, 1.165) is 36.9 Å². The fourth-order valence-electron chi connectivity index (χ4n) is 4.31. The van der Waals surface area contributed by atoms with Gasteiger partial charge in [0.15, 0.2) is 5.75 Å². The van der Waals surface area contributed by atoms with Crippen LogP contribution in [-0.2, 0) is 4.74 Å². The predicted molar refractivity (Wildman–Crippen MR) is 114 cm³/mol. The molecule has 0 radical (unpaired) electrons. The van der Waals surface area contributed by atoms with E-state index in [0.29, 0.717) is 30.5 Å². The molecule has 8 nitrogen and oxygen atoms in total. The third kappa shape index (κ3) is 4.62. The molecule has 164 valence electrons. The van der Waals surface area contributed by atoms with E-state index in [1.165, 1.54) is 6.33 Å². The van der Waals surface area contributed by atoms with Crippen molar-refractivity contribution >= 4 is 6.09 Å². The molecule has 0 aliphatic carbocycles. The second-order valence-electron chi connectivity index (χ2n) is 7.99. The number of amides is 1. The number of hydrogen-bond donors (Lipinski definition) is 0. The SMILES string of the molecule is C=CCCOC(=O)N1C2CCC1CC(Oc1ncnc(Oc3cccnc3C)c1C)C2. The summed E-state index contributed by atoms with van der Waals surface area (Å²) in [6.07, 6.45) is 8.80. The maximum absolute atomic E-state index is 12.5.